The molecule has 0 spiro atoms. The van der Waals surface area contributed by atoms with E-state index in [0.29, 0.717) is 0 Å². The third-order valence-corrected chi connectivity index (χ3v) is 1.05. The van der Waals surface area contributed by atoms with Crippen molar-refractivity contribution in [3.05, 3.63) is 31.6 Å². The van der Waals surface area contributed by atoms with Gasteiger partial charge in [-0.3, -0.25) is 0 Å². The molecule has 0 aliphatic rings. The molecule has 0 saturated heterocycles. The van der Waals surface area contributed by atoms with Crippen LogP contribution in [0, 0.1) is 44.5 Å². The van der Waals surface area contributed by atoms with Gasteiger partial charge in [0.2, 0.25) is 0 Å². The van der Waals surface area contributed by atoms with Crippen molar-refractivity contribution >= 4 is 0 Å². The van der Waals surface area contributed by atoms with Gasteiger partial charge in [-0.05, 0) is 0 Å². The summed E-state index contributed by atoms with van der Waals surface area (Å²) in [5.41, 5.74) is 1.06. The molecule has 13 heavy (non-hydrogen) atoms. The molecule has 0 unspecified atom stereocenters. The maximum Gasteiger partial charge on any atom is 2.00 e. The van der Waals surface area contributed by atoms with Gasteiger partial charge < -0.3 is 23.3 Å². The van der Waals surface area contributed by atoms with E-state index in [4.69, 9.17) is 0 Å². The van der Waals surface area contributed by atoms with Crippen molar-refractivity contribution in [2.24, 2.45) is 0 Å². The Morgan fingerprint density at radius 1 is 1.46 bits per heavy atom. The number of aromatic nitrogens is 2. The zero-order valence-electron chi connectivity index (χ0n) is 8.24. The van der Waals surface area contributed by atoms with Crippen LogP contribution in [0.4, 0.5) is 0 Å². The first kappa shape index (κ1) is 24.3. The third kappa shape index (κ3) is 12.0. The number of nitrogens with zero attached hydrogens (tertiary/aromatic N) is 2. The second kappa shape index (κ2) is 14.1. The second-order valence-corrected chi connectivity index (χ2v) is 2.40. The average Bonchev–Trinajstić information content (AvgIpc) is 2.15. The predicted octanol–water partition coefficient (Wildman–Crippen LogP) is 1.64. The van der Waals surface area contributed by atoms with E-state index < -0.39 is 0 Å². The van der Waals surface area contributed by atoms with Gasteiger partial charge in [0.25, 0.3) is 0 Å². The number of hydrogen-bond donors (Lipinski definition) is 0. The molecule has 2 nitrogen and oxygen atoms in total. The fourth-order valence-corrected chi connectivity index (χ4v) is 0.714. The number of imidazole rings is 1. The molecular formula is C8H13N2UWY-. The van der Waals surface area contributed by atoms with Crippen LogP contribution >= 0.6 is 0 Å². The van der Waals surface area contributed by atoms with Gasteiger partial charge in [-0.1, -0.05) is 18.2 Å². The summed E-state index contributed by atoms with van der Waals surface area (Å²) in [5, 5.41) is 0. The fraction of sp³-hybridized carbons (Fsp3) is 0.375. The Labute approximate surface area is 144 Å². The Morgan fingerprint density at radius 3 is 2.31 bits per heavy atom. The van der Waals surface area contributed by atoms with E-state index in [0.717, 1.165) is 12.1 Å². The summed E-state index contributed by atoms with van der Waals surface area (Å²) >= 11 is 0. The van der Waals surface area contributed by atoms with Crippen LogP contribution in [0.2, 0.25) is 0 Å². The molecule has 0 saturated carbocycles. The first-order valence-corrected chi connectivity index (χ1v) is 2.99. The Balaban J connectivity index is -0.000000101. The van der Waals surface area contributed by atoms with Crippen molar-refractivity contribution in [3.8, 4) is 0 Å². The molecule has 69 valence electrons. The van der Waals surface area contributed by atoms with E-state index in [9.17, 15) is 0 Å². The Morgan fingerprint density at radius 2 is 2.00 bits per heavy atom. The topological polar surface area (TPSA) is 27.0 Å². The van der Waals surface area contributed by atoms with Gasteiger partial charge >= 0.3 is 21.1 Å². The minimum atomic E-state index is 0. The first-order chi connectivity index (χ1) is 4.29. The maximum absolute atomic E-state index is 4.02. The van der Waals surface area contributed by atoms with Crippen LogP contribution in [0.5, 0.6) is 0 Å². The minimum absolute atomic E-state index is 0. The summed E-state index contributed by atoms with van der Waals surface area (Å²) in [6, 6.07) is 0. The molecule has 1 heterocycles. The minimum Gasteiger partial charge on any atom is -0.450 e. The molecular weight excluding hydrogens is 635 g/mol. The van der Waals surface area contributed by atoms with Crippen LogP contribution in [-0.4, -0.2) is 4.98 Å². The first-order valence-electron chi connectivity index (χ1n) is 2.99. The molecule has 0 fully saturated rings. The SMILES string of the molecule is C[C-](C)Cc1c[n-]cn1.[CH3-].[U].[W+2].[Y]. The van der Waals surface area contributed by atoms with E-state index in [-0.39, 0.29) is 92.3 Å². The number of rotatable bonds is 2. The summed E-state index contributed by atoms with van der Waals surface area (Å²) in [5.74, 6) is 1.37. The van der Waals surface area contributed by atoms with Gasteiger partial charge in [0.05, 0.1) is 0 Å². The van der Waals surface area contributed by atoms with E-state index in [1.807, 2.05) is 0 Å². The van der Waals surface area contributed by atoms with Gasteiger partial charge in [-0.2, -0.15) is 20.3 Å². The van der Waals surface area contributed by atoms with E-state index in [1.165, 1.54) is 5.92 Å². The Hall–Kier alpha value is 2.05. The van der Waals surface area contributed by atoms with Crippen molar-refractivity contribution in [1.82, 2.24) is 9.97 Å². The quantitative estimate of drug-likeness (QED) is 0.457. The molecule has 0 bridgehead atoms. The monoisotopic (exact) mass is 648 g/mol. The molecule has 0 amide bonds. The van der Waals surface area contributed by atoms with Crippen LogP contribution in [0.3, 0.4) is 0 Å². The Kier molecular flexibility index (Phi) is 26.3. The second-order valence-electron chi connectivity index (χ2n) is 2.40. The molecule has 1 rings (SSSR count). The molecule has 0 aromatic carbocycles. The van der Waals surface area contributed by atoms with Crippen molar-refractivity contribution in [2.75, 3.05) is 0 Å². The molecule has 0 atom stereocenters. The van der Waals surface area contributed by atoms with Crippen molar-refractivity contribution < 1.29 is 84.9 Å². The molecule has 0 aliphatic heterocycles. The van der Waals surface area contributed by atoms with Crippen LogP contribution in [0.25, 0.3) is 0 Å². The molecule has 1 radical (unpaired) electrons. The standard InChI is InChI=1S/C7H10N2.CH3.U.W.Y/c1-6(2)3-7-4-8-5-9-7;;;;/h4-5H,3H2,1-2H3;1H3;;;/q-2;-1;;+2;. The van der Waals surface area contributed by atoms with Crippen LogP contribution in [0.15, 0.2) is 12.5 Å². The van der Waals surface area contributed by atoms with Gasteiger partial charge in [0, 0.05) is 63.8 Å². The summed E-state index contributed by atoms with van der Waals surface area (Å²) < 4.78 is 0. The molecule has 0 aliphatic carbocycles. The van der Waals surface area contributed by atoms with E-state index in [1.54, 1.807) is 12.5 Å². The summed E-state index contributed by atoms with van der Waals surface area (Å²) in [7, 11) is 0. The fourth-order valence-electron chi connectivity index (χ4n) is 0.714. The largest absolute Gasteiger partial charge is 2.00 e. The number of hydrogen-bond acceptors (Lipinski definition) is 1. The molecule has 1 aromatic heterocycles. The van der Waals surface area contributed by atoms with Crippen molar-refractivity contribution in [1.29, 1.82) is 0 Å². The van der Waals surface area contributed by atoms with Crippen molar-refractivity contribution in [2.45, 2.75) is 20.3 Å². The van der Waals surface area contributed by atoms with Crippen molar-refractivity contribution in [3.63, 3.8) is 0 Å². The molecule has 0 N–H and O–H groups in total. The van der Waals surface area contributed by atoms with E-state index >= 15 is 0 Å². The van der Waals surface area contributed by atoms with Gasteiger partial charge in [-0.15, -0.1) is 0 Å². The van der Waals surface area contributed by atoms with Crippen LogP contribution in [0.1, 0.15) is 19.5 Å². The van der Waals surface area contributed by atoms with E-state index in [2.05, 4.69) is 23.8 Å². The van der Waals surface area contributed by atoms with Gasteiger partial charge in [0.1, 0.15) is 0 Å². The normalized spacial score (nSPS) is 7.31. The van der Waals surface area contributed by atoms with Gasteiger partial charge in [0.15, 0.2) is 0 Å². The average molecular weight is 648 g/mol. The van der Waals surface area contributed by atoms with Crippen LogP contribution in [-0.2, 0) is 60.2 Å². The predicted molar refractivity (Wildman–Crippen MR) is 42.3 cm³/mol. The van der Waals surface area contributed by atoms with Crippen LogP contribution < -0.4 is 4.98 Å². The zero-order chi connectivity index (χ0) is 6.69. The molecule has 1 aromatic rings. The maximum atomic E-state index is 4.02. The molecule has 5 heteroatoms. The summed E-state index contributed by atoms with van der Waals surface area (Å²) in [6.45, 7) is 4.18. The third-order valence-electron chi connectivity index (χ3n) is 1.05. The van der Waals surface area contributed by atoms with Gasteiger partial charge in [-0.25, -0.2) is 0 Å². The zero-order valence-corrected chi connectivity index (χ0v) is 18.2. The Bertz CT molecular complexity index is 169. The smallest absolute Gasteiger partial charge is 0.450 e. The summed E-state index contributed by atoms with van der Waals surface area (Å²) in [4.78, 5) is 7.88. The summed E-state index contributed by atoms with van der Waals surface area (Å²) in [6.07, 6.45) is 4.34.